The van der Waals surface area contributed by atoms with Gasteiger partial charge >= 0.3 is 0 Å². The van der Waals surface area contributed by atoms with Crippen molar-refractivity contribution in [1.82, 2.24) is 15.2 Å². The molecule has 1 aliphatic heterocycles. The van der Waals surface area contributed by atoms with Gasteiger partial charge in [0.1, 0.15) is 0 Å². The SMILES string of the molecule is O=C(NCCCN1CCCC1=O)C1CCCC(c2nccs2)C1. The van der Waals surface area contributed by atoms with Crippen molar-refractivity contribution in [1.29, 1.82) is 0 Å². The highest BCUT2D eigenvalue weighted by molar-refractivity contribution is 7.09. The van der Waals surface area contributed by atoms with Crippen LogP contribution in [0.15, 0.2) is 11.6 Å². The zero-order valence-corrected chi connectivity index (χ0v) is 14.3. The molecule has 3 rings (SSSR count). The average Bonchev–Trinajstić information content (AvgIpc) is 3.23. The quantitative estimate of drug-likeness (QED) is 0.813. The van der Waals surface area contributed by atoms with Crippen molar-refractivity contribution in [2.75, 3.05) is 19.6 Å². The van der Waals surface area contributed by atoms with E-state index in [0.717, 1.165) is 51.6 Å². The molecule has 0 aromatic carbocycles. The molecule has 6 heteroatoms. The van der Waals surface area contributed by atoms with E-state index < -0.39 is 0 Å². The summed E-state index contributed by atoms with van der Waals surface area (Å²) in [4.78, 5) is 30.2. The number of aromatic nitrogens is 1. The van der Waals surface area contributed by atoms with Crippen LogP contribution in [0.5, 0.6) is 0 Å². The van der Waals surface area contributed by atoms with Gasteiger partial charge in [-0.05, 0) is 32.1 Å². The zero-order valence-electron chi connectivity index (χ0n) is 13.5. The lowest BCUT2D eigenvalue weighted by Gasteiger charge is -2.27. The minimum atomic E-state index is 0.117. The van der Waals surface area contributed by atoms with Crippen molar-refractivity contribution < 1.29 is 9.59 Å². The highest BCUT2D eigenvalue weighted by Gasteiger charge is 2.29. The molecule has 2 heterocycles. The minimum absolute atomic E-state index is 0.117. The summed E-state index contributed by atoms with van der Waals surface area (Å²) in [6, 6.07) is 0. The molecule has 0 spiro atoms. The molecule has 0 radical (unpaired) electrons. The predicted octanol–water partition coefficient (Wildman–Crippen LogP) is 2.55. The molecule has 2 fully saturated rings. The molecule has 2 aliphatic rings. The van der Waals surface area contributed by atoms with Gasteiger partial charge in [0.2, 0.25) is 11.8 Å². The van der Waals surface area contributed by atoms with Gasteiger partial charge in [-0.2, -0.15) is 0 Å². The fourth-order valence-electron chi connectivity index (χ4n) is 3.65. The maximum Gasteiger partial charge on any atom is 0.223 e. The molecule has 1 aliphatic carbocycles. The summed E-state index contributed by atoms with van der Waals surface area (Å²) in [5.41, 5.74) is 0. The van der Waals surface area contributed by atoms with E-state index >= 15 is 0 Å². The molecule has 126 valence electrons. The second-order valence-electron chi connectivity index (χ2n) is 6.56. The molecule has 23 heavy (non-hydrogen) atoms. The number of nitrogens with zero attached hydrogens (tertiary/aromatic N) is 2. The topological polar surface area (TPSA) is 62.3 Å². The highest BCUT2D eigenvalue weighted by Crippen LogP contribution is 2.36. The summed E-state index contributed by atoms with van der Waals surface area (Å²) in [6.07, 6.45) is 8.52. The van der Waals surface area contributed by atoms with Gasteiger partial charge in [-0.3, -0.25) is 9.59 Å². The Labute approximate surface area is 141 Å². The van der Waals surface area contributed by atoms with Crippen LogP contribution < -0.4 is 5.32 Å². The molecule has 1 saturated carbocycles. The molecule has 1 N–H and O–H groups in total. The lowest BCUT2D eigenvalue weighted by molar-refractivity contribution is -0.127. The first-order chi connectivity index (χ1) is 11.2. The summed E-state index contributed by atoms with van der Waals surface area (Å²) in [5.74, 6) is 1.00. The normalized spacial score (nSPS) is 24.9. The smallest absolute Gasteiger partial charge is 0.223 e. The number of likely N-dealkylation sites (tertiary alicyclic amines) is 1. The Bertz CT molecular complexity index is 532. The van der Waals surface area contributed by atoms with Gasteiger partial charge in [-0.15, -0.1) is 11.3 Å². The largest absolute Gasteiger partial charge is 0.356 e. The molecule has 2 atom stereocenters. The first-order valence-electron chi connectivity index (χ1n) is 8.69. The van der Waals surface area contributed by atoms with E-state index in [1.807, 2.05) is 16.5 Å². The lowest BCUT2D eigenvalue weighted by atomic mass is 9.81. The molecule has 2 unspecified atom stereocenters. The molecular weight excluding hydrogens is 310 g/mol. The van der Waals surface area contributed by atoms with Crippen LogP contribution in [-0.4, -0.2) is 41.3 Å². The first kappa shape index (κ1) is 16.4. The van der Waals surface area contributed by atoms with Crippen LogP contribution in [0, 0.1) is 5.92 Å². The molecule has 2 amide bonds. The van der Waals surface area contributed by atoms with Crippen molar-refractivity contribution in [2.45, 2.75) is 50.9 Å². The summed E-state index contributed by atoms with van der Waals surface area (Å²) >= 11 is 1.70. The number of nitrogens with one attached hydrogen (secondary N) is 1. The van der Waals surface area contributed by atoms with E-state index in [9.17, 15) is 9.59 Å². The van der Waals surface area contributed by atoms with E-state index in [1.54, 1.807) is 11.3 Å². The van der Waals surface area contributed by atoms with Crippen molar-refractivity contribution >= 4 is 23.2 Å². The third-order valence-electron chi connectivity index (χ3n) is 4.92. The number of amides is 2. The lowest BCUT2D eigenvalue weighted by Crippen LogP contribution is -2.35. The number of carbonyl (C=O) groups excluding carboxylic acids is 2. The van der Waals surface area contributed by atoms with Gasteiger partial charge in [0, 0.05) is 49.5 Å². The minimum Gasteiger partial charge on any atom is -0.356 e. The summed E-state index contributed by atoms with van der Waals surface area (Å²) in [6.45, 7) is 2.32. The Morgan fingerprint density at radius 3 is 3.04 bits per heavy atom. The number of thiazole rings is 1. The molecule has 5 nitrogen and oxygen atoms in total. The maximum atomic E-state index is 12.4. The van der Waals surface area contributed by atoms with Gasteiger partial charge in [0.05, 0.1) is 5.01 Å². The van der Waals surface area contributed by atoms with Crippen molar-refractivity contribution in [2.24, 2.45) is 5.92 Å². The number of rotatable bonds is 6. The van der Waals surface area contributed by atoms with Gasteiger partial charge in [0.25, 0.3) is 0 Å². The van der Waals surface area contributed by atoms with Gasteiger partial charge in [-0.1, -0.05) is 6.42 Å². The molecule has 1 aromatic heterocycles. The Balaban J connectivity index is 1.38. The third kappa shape index (κ3) is 4.31. The summed E-state index contributed by atoms with van der Waals surface area (Å²) in [7, 11) is 0. The molecule has 0 bridgehead atoms. The molecule has 1 aromatic rings. The second kappa shape index (κ2) is 7.90. The number of carbonyl (C=O) groups is 2. The van der Waals surface area contributed by atoms with Crippen LogP contribution in [-0.2, 0) is 9.59 Å². The number of hydrogen-bond acceptors (Lipinski definition) is 4. The third-order valence-corrected chi connectivity index (χ3v) is 5.86. The van der Waals surface area contributed by atoms with Crippen LogP contribution in [0.25, 0.3) is 0 Å². The Morgan fingerprint density at radius 1 is 1.39 bits per heavy atom. The van der Waals surface area contributed by atoms with E-state index in [4.69, 9.17) is 0 Å². The standard InChI is InChI=1S/C17H25N3O2S/c21-15-6-2-9-20(15)10-3-7-18-16(22)13-4-1-5-14(12-13)17-19-8-11-23-17/h8,11,13-14H,1-7,9-10,12H2,(H,18,22). The van der Waals surface area contributed by atoms with Crippen LogP contribution in [0.4, 0.5) is 0 Å². The Kier molecular flexibility index (Phi) is 5.65. The van der Waals surface area contributed by atoms with Crippen LogP contribution in [0.2, 0.25) is 0 Å². The van der Waals surface area contributed by atoms with Gasteiger partial charge in [0.15, 0.2) is 0 Å². The van der Waals surface area contributed by atoms with Crippen LogP contribution >= 0.6 is 11.3 Å². The fraction of sp³-hybridized carbons (Fsp3) is 0.706. The Hall–Kier alpha value is -1.43. The van der Waals surface area contributed by atoms with Crippen molar-refractivity contribution in [3.63, 3.8) is 0 Å². The highest BCUT2D eigenvalue weighted by atomic mass is 32.1. The maximum absolute atomic E-state index is 12.4. The summed E-state index contributed by atoms with van der Waals surface area (Å²) < 4.78 is 0. The van der Waals surface area contributed by atoms with Crippen molar-refractivity contribution in [3.8, 4) is 0 Å². The van der Waals surface area contributed by atoms with E-state index in [1.165, 1.54) is 5.01 Å². The predicted molar refractivity (Wildman–Crippen MR) is 90.3 cm³/mol. The van der Waals surface area contributed by atoms with Gasteiger partial charge < -0.3 is 10.2 Å². The number of hydrogen-bond donors (Lipinski definition) is 1. The average molecular weight is 335 g/mol. The van der Waals surface area contributed by atoms with Crippen LogP contribution in [0.3, 0.4) is 0 Å². The fourth-order valence-corrected chi connectivity index (χ4v) is 4.44. The van der Waals surface area contributed by atoms with E-state index in [0.29, 0.717) is 18.9 Å². The van der Waals surface area contributed by atoms with Gasteiger partial charge in [-0.25, -0.2) is 4.98 Å². The Morgan fingerprint density at radius 2 is 2.30 bits per heavy atom. The van der Waals surface area contributed by atoms with Crippen molar-refractivity contribution in [3.05, 3.63) is 16.6 Å². The summed E-state index contributed by atoms with van der Waals surface area (Å²) in [5, 5.41) is 6.25. The monoisotopic (exact) mass is 335 g/mol. The molecule has 1 saturated heterocycles. The van der Waals surface area contributed by atoms with E-state index in [2.05, 4.69) is 10.3 Å². The first-order valence-corrected chi connectivity index (χ1v) is 9.57. The second-order valence-corrected chi connectivity index (χ2v) is 7.49. The van der Waals surface area contributed by atoms with E-state index in [-0.39, 0.29) is 17.7 Å². The van der Waals surface area contributed by atoms with Crippen LogP contribution in [0.1, 0.15) is 55.9 Å². The zero-order chi connectivity index (χ0) is 16.1. The molecular formula is C17H25N3O2S.